The molecule has 0 saturated heterocycles. The van der Waals surface area contributed by atoms with Crippen molar-refractivity contribution in [3.8, 4) is 0 Å². The molecule has 2 N–H and O–H groups in total. The Balaban J connectivity index is 2.46. The molecule has 0 saturated carbocycles. The Morgan fingerprint density at radius 1 is 1.22 bits per heavy atom. The van der Waals surface area contributed by atoms with Crippen molar-refractivity contribution in [3.05, 3.63) is 34.6 Å². The normalized spacial score (nSPS) is 10.2. The average Bonchev–Trinajstić information content (AvgIpc) is 2.33. The first-order valence-electron chi connectivity index (χ1n) is 6.32. The Bertz CT molecular complexity index is 395. The van der Waals surface area contributed by atoms with E-state index in [9.17, 15) is 4.39 Å². The molecule has 0 aliphatic rings. The third-order valence-electron chi connectivity index (χ3n) is 2.77. The van der Waals surface area contributed by atoms with Crippen LogP contribution in [0.1, 0.15) is 36.5 Å². The third-order valence-corrected chi connectivity index (χ3v) is 3.05. The molecule has 0 aliphatic carbocycles. The zero-order valence-corrected chi connectivity index (χ0v) is 12.1. The van der Waals surface area contributed by atoms with E-state index in [4.69, 9.17) is 12.2 Å². The summed E-state index contributed by atoms with van der Waals surface area (Å²) >= 11 is 5.16. The Hall–Kier alpha value is -1.16. The standard InChI is InChI=1S/C14H21FN2S/c1-4-5-6-16-14(18)17-9-12-7-10(2)13(15)11(3)8-12/h7-8H,4-6,9H2,1-3H3,(H2,16,17,18). The fraction of sp³-hybridized carbons (Fsp3) is 0.500. The van der Waals surface area contributed by atoms with Crippen LogP contribution in [-0.4, -0.2) is 11.7 Å². The van der Waals surface area contributed by atoms with Crippen molar-refractivity contribution in [2.45, 2.75) is 40.2 Å². The summed E-state index contributed by atoms with van der Waals surface area (Å²) in [5, 5.41) is 6.93. The van der Waals surface area contributed by atoms with Crippen LogP contribution in [-0.2, 0) is 6.54 Å². The van der Waals surface area contributed by atoms with Gasteiger partial charge < -0.3 is 10.6 Å². The van der Waals surface area contributed by atoms with Crippen LogP contribution in [0.5, 0.6) is 0 Å². The largest absolute Gasteiger partial charge is 0.363 e. The van der Waals surface area contributed by atoms with Gasteiger partial charge in [-0.25, -0.2) is 4.39 Å². The minimum atomic E-state index is -0.123. The van der Waals surface area contributed by atoms with E-state index in [0.29, 0.717) is 22.8 Å². The zero-order valence-electron chi connectivity index (χ0n) is 11.3. The van der Waals surface area contributed by atoms with E-state index >= 15 is 0 Å². The molecule has 18 heavy (non-hydrogen) atoms. The monoisotopic (exact) mass is 268 g/mol. The molecule has 4 heteroatoms. The maximum absolute atomic E-state index is 13.5. The minimum Gasteiger partial charge on any atom is -0.363 e. The number of rotatable bonds is 5. The lowest BCUT2D eigenvalue weighted by Gasteiger charge is -2.11. The highest BCUT2D eigenvalue weighted by Crippen LogP contribution is 2.14. The van der Waals surface area contributed by atoms with Gasteiger partial charge in [0.25, 0.3) is 0 Å². The molecule has 0 bridgehead atoms. The van der Waals surface area contributed by atoms with Crippen molar-refractivity contribution >= 4 is 17.3 Å². The fourth-order valence-electron chi connectivity index (χ4n) is 1.76. The van der Waals surface area contributed by atoms with E-state index < -0.39 is 0 Å². The molecule has 1 rings (SSSR count). The van der Waals surface area contributed by atoms with Gasteiger partial charge in [0, 0.05) is 13.1 Å². The summed E-state index contributed by atoms with van der Waals surface area (Å²) in [6.45, 7) is 7.22. The van der Waals surface area contributed by atoms with Crippen LogP contribution in [0, 0.1) is 19.7 Å². The SMILES string of the molecule is CCCCNC(=S)NCc1cc(C)c(F)c(C)c1. The van der Waals surface area contributed by atoms with Gasteiger partial charge in [-0.1, -0.05) is 25.5 Å². The van der Waals surface area contributed by atoms with Gasteiger partial charge in [0.05, 0.1) is 0 Å². The molecule has 100 valence electrons. The van der Waals surface area contributed by atoms with E-state index in [0.717, 1.165) is 24.9 Å². The maximum atomic E-state index is 13.5. The topological polar surface area (TPSA) is 24.1 Å². The molecule has 1 aromatic carbocycles. The molecule has 2 nitrogen and oxygen atoms in total. The van der Waals surface area contributed by atoms with Crippen molar-refractivity contribution in [3.63, 3.8) is 0 Å². The second-order valence-corrected chi connectivity index (χ2v) is 4.91. The highest BCUT2D eigenvalue weighted by molar-refractivity contribution is 7.80. The molecular weight excluding hydrogens is 247 g/mol. The highest BCUT2D eigenvalue weighted by atomic mass is 32.1. The van der Waals surface area contributed by atoms with Gasteiger partial charge in [-0.2, -0.15) is 0 Å². The number of nitrogens with one attached hydrogen (secondary N) is 2. The van der Waals surface area contributed by atoms with Crippen molar-refractivity contribution in [1.29, 1.82) is 0 Å². The van der Waals surface area contributed by atoms with Gasteiger partial charge in [0.1, 0.15) is 5.82 Å². The molecular formula is C14H21FN2S. The van der Waals surface area contributed by atoms with E-state index in [-0.39, 0.29) is 5.82 Å². The lowest BCUT2D eigenvalue weighted by Crippen LogP contribution is -2.35. The lowest BCUT2D eigenvalue weighted by atomic mass is 10.1. The van der Waals surface area contributed by atoms with Crippen LogP contribution in [0.25, 0.3) is 0 Å². The Morgan fingerprint density at radius 2 is 1.83 bits per heavy atom. The van der Waals surface area contributed by atoms with Crippen LogP contribution in [0.15, 0.2) is 12.1 Å². The van der Waals surface area contributed by atoms with Crippen LogP contribution in [0.3, 0.4) is 0 Å². The minimum absolute atomic E-state index is 0.123. The number of hydrogen-bond acceptors (Lipinski definition) is 1. The number of unbranched alkanes of at least 4 members (excludes halogenated alkanes) is 1. The van der Waals surface area contributed by atoms with E-state index in [1.165, 1.54) is 0 Å². The first-order chi connectivity index (χ1) is 8.54. The Kier molecular flexibility index (Phi) is 6.05. The summed E-state index contributed by atoms with van der Waals surface area (Å²) in [6, 6.07) is 3.70. The summed E-state index contributed by atoms with van der Waals surface area (Å²) in [4.78, 5) is 0. The quantitative estimate of drug-likeness (QED) is 0.633. The van der Waals surface area contributed by atoms with Crippen molar-refractivity contribution in [1.82, 2.24) is 10.6 Å². The van der Waals surface area contributed by atoms with Crippen molar-refractivity contribution in [2.24, 2.45) is 0 Å². The highest BCUT2D eigenvalue weighted by Gasteiger charge is 2.04. The smallest absolute Gasteiger partial charge is 0.166 e. The predicted octanol–water partition coefficient (Wildman–Crippen LogP) is 3.21. The molecule has 0 aromatic heterocycles. The molecule has 0 spiro atoms. The van der Waals surface area contributed by atoms with Crippen LogP contribution in [0.4, 0.5) is 4.39 Å². The first kappa shape index (κ1) is 14.9. The molecule has 0 radical (unpaired) electrons. The molecule has 0 amide bonds. The van der Waals surface area contributed by atoms with Crippen LogP contribution >= 0.6 is 12.2 Å². The second-order valence-electron chi connectivity index (χ2n) is 4.51. The summed E-state index contributed by atoms with van der Waals surface area (Å²) in [6.07, 6.45) is 2.25. The Morgan fingerprint density at radius 3 is 2.39 bits per heavy atom. The molecule has 1 aromatic rings. The zero-order chi connectivity index (χ0) is 13.5. The summed E-state index contributed by atoms with van der Waals surface area (Å²) in [5.41, 5.74) is 2.40. The predicted molar refractivity (Wildman–Crippen MR) is 78.2 cm³/mol. The Labute approximate surface area is 114 Å². The first-order valence-corrected chi connectivity index (χ1v) is 6.72. The van der Waals surface area contributed by atoms with Crippen LogP contribution < -0.4 is 10.6 Å². The number of benzene rings is 1. The third kappa shape index (κ3) is 4.61. The fourth-order valence-corrected chi connectivity index (χ4v) is 1.94. The maximum Gasteiger partial charge on any atom is 0.166 e. The molecule has 0 fully saturated rings. The van der Waals surface area contributed by atoms with Gasteiger partial charge >= 0.3 is 0 Å². The lowest BCUT2D eigenvalue weighted by molar-refractivity contribution is 0.608. The summed E-state index contributed by atoms with van der Waals surface area (Å²) in [7, 11) is 0. The summed E-state index contributed by atoms with van der Waals surface area (Å²) < 4.78 is 13.5. The van der Waals surface area contributed by atoms with Gasteiger partial charge in [-0.05, 0) is 49.2 Å². The number of hydrogen-bond donors (Lipinski definition) is 2. The van der Waals surface area contributed by atoms with Gasteiger partial charge in [-0.15, -0.1) is 0 Å². The van der Waals surface area contributed by atoms with E-state index in [1.54, 1.807) is 13.8 Å². The number of halogens is 1. The van der Waals surface area contributed by atoms with Crippen molar-refractivity contribution < 1.29 is 4.39 Å². The van der Waals surface area contributed by atoms with E-state index in [1.807, 2.05) is 12.1 Å². The van der Waals surface area contributed by atoms with Crippen LogP contribution in [0.2, 0.25) is 0 Å². The average molecular weight is 268 g/mol. The molecule has 0 aliphatic heterocycles. The van der Waals surface area contributed by atoms with Crippen molar-refractivity contribution in [2.75, 3.05) is 6.54 Å². The number of thiocarbonyl (C=S) groups is 1. The molecule has 0 atom stereocenters. The molecule has 0 unspecified atom stereocenters. The van der Waals surface area contributed by atoms with Gasteiger partial charge in [0.15, 0.2) is 5.11 Å². The van der Waals surface area contributed by atoms with Gasteiger partial charge in [0.2, 0.25) is 0 Å². The van der Waals surface area contributed by atoms with Gasteiger partial charge in [-0.3, -0.25) is 0 Å². The number of aryl methyl sites for hydroxylation is 2. The van der Waals surface area contributed by atoms with E-state index in [2.05, 4.69) is 17.6 Å². The second kappa shape index (κ2) is 7.31. The summed E-state index contributed by atoms with van der Waals surface area (Å²) in [5.74, 6) is -0.123. The molecule has 0 heterocycles.